The predicted octanol–water partition coefficient (Wildman–Crippen LogP) is 3.84. The van der Waals surface area contributed by atoms with Crippen molar-refractivity contribution in [1.82, 2.24) is 10.2 Å². The summed E-state index contributed by atoms with van der Waals surface area (Å²) >= 11 is 3.58. The summed E-state index contributed by atoms with van der Waals surface area (Å²) in [6, 6.07) is 12.0. The number of rotatable bonds is 8. The van der Waals surface area contributed by atoms with Gasteiger partial charge in [0.1, 0.15) is 18.0 Å². The van der Waals surface area contributed by atoms with E-state index in [0.717, 1.165) is 33.7 Å². The van der Waals surface area contributed by atoms with Gasteiger partial charge in [-0.1, -0.05) is 18.2 Å². The third-order valence-corrected chi connectivity index (χ3v) is 5.67. The molecular formula is C23H25BrN4O4. The summed E-state index contributed by atoms with van der Waals surface area (Å²) in [5.41, 5.74) is 2.37. The number of carbonyl (C=O) groups excluding carboxylic acids is 3. The minimum atomic E-state index is -0.643. The molecule has 0 unspecified atom stereocenters. The standard InChI is InChI=1S/C23H25BrN4O4/c1-4-27(5-2)19-11-10-15(12-16(19)24)13-18-22(30)28(23(31)26-18)14-21(29)25-17-8-6-7-9-20(17)32-3/h6-13H,4-5,14H2,1-3H3,(H,25,29)(H,26,31)/b18-13+. The van der Waals surface area contributed by atoms with E-state index in [2.05, 4.69) is 45.3 Å². The second kappa shape index (κ2) is 10.3. The third-order valence-electron chi connectivity index (χ3n) is 5.03. The van der Waals surface area contributed by atoms with E-state index in [1.54, 1.807) is 30.3 Å². The molecule has 4 amide bonds. The van der Waals surface area contributed by atoms with Crippen molar-refractivity contribution < 1.29 is 19.1 Å². The van der Waals surface area contributed by atoms with Crippen molar-refractivity contribution in [3.8, 4) is 5.75 Å². The van der Waals surface area contributed by atoms with Gasteiger partial charge in [-0.3, -0.25) is 9.59 Å². The van der Waals surface area contributed by atoms with Gasteiger partial charge in [0.15, 0.2) is 0 Å². The summed E-state index contributed by atoms with van der Waals surface area (Å²) in [6.07, 6.45) is 1.59. The molecule has 8 nitrogen and oxygen atoms in total. The molecule has 0 aromatic heterocycles. The zero-order chi connectivity index (χ0) is 23.3. The Bertz CT molecular complexity index is 1070. The molecular weight excluding hydrogens is 476 g/mol. The van der Waals surface area contributed by atoms with Gasteiger partial charge in [0.05, 0.1) is 18.5 Å². The van der Waals surface area contributed by atoms with E-state index < -0.39 is 24.4 Å². The van der Waals surface area contributed by atoms with Gasteiger partial charge in [-0.2, -0.15) is 0 Å². The predicted molar refractivity (Wildman–Crippen MR) is 128 cm³/mol. The Morgan fingerprint density at radius 1 is 1.19 bits per heavy atom. The molecule has 1 aliphatic heterocycles. The molecule has 1 heterocycles. The van der Waals surface area contributed by atoms with Gasteiger partial charge in [-0.05, 0) is 65.7 Å². The lowest BCUT2D eigenvalue weighted by Gasteiger charge is -2.22. The van der Waals surface area contributed by atoms with E-state index in [1.165, 1.54) is 7.11 Å². The first-order valence-electron chi connectivity index (χ1n) is 10.2. The fourth-order valence-corrected chi connectivity index (χ4v) is 4.04. The number of methoxy groups -OCH3 is 1. The van der Waals surface area contributed by atoms with Crippen LogP contribution in [0.25, 0.3) is 6.08 Å². The number of hydrogen-bond donors (Lipinski definition) is 2. The van der Waals surface area contributed by atoms with Gasteiger partial charge < -0.3 is 20.3 Å². The van der Waals surface area contributed by atoms with Crippen LogP contribution < -0.4 is 20.3 Å². The highest BCUT2D eigenvalue weighted by molar-refractivity contribution is 9.10. The molecule has 3 rings (SSSR count). The number of benzene rings is 2. The molecule has 1 saturated heterocycles. The summed E-state index contributed by atoms with van der Waals surface area (Å²) < 4.78 is 6.09. The number of carbonyl (C=O) groups is 3. The quantitative estimate of drug-likeness (QED) is 0.424. The van der Waals surface area contributed by atoms with Crippen LogP contribution in [-0.4, -0.2) is 49.5 Å². The first kappa shape index (κ1) is 23.3. The van der Waals surface area contributed by atoms with Gasteiger partial charge in [0, 0.05) is 17.6 Å². The van der Waals surface area contributed by atoms with Crippen LogP contribution in [0.1, 0.15) is 19.4 Å². The van der Waals surface area contributed by atoms with Gasteiger partial charge in [-0.25, -0.2) is 9.69 Å². The van der Waals surface area contributed by atoms with E-state index in [1.807, 2.05) is 18.2 Å². The van der Waals surface area contributed by atoms with E-state index in [0.29, 0.717) is 11.4 Å². The average Bonchev–Trinajstić information content (AvgIpc) is 3.03. The molecule has 1 aliphatic rings. The number of halogens is 1. The number of para-hydroxylation sites is 2. The maximum Gasteiger partial charge on any atom is 0.329 e. The SMILES string of the molecule is CCN(CC)c1ccc(/C=C2/NC(=O)N(CC(=O)Nc3ccccc3OC)C2=O)cc1Br. The lowest BCUT2D eigenvalue weighted by atomic mass is 10.1. The molecule has 9 heteroatoms. The molecule has 2 aromatic carbocycles. The number of ether oxygens (including phenoxy) is 1. The van der Waals surface area contributed by atoms with Crippen molar-refractivity contribution >= 4 is 51.2 Å². The second-order valence-corrected chi connectivity index (χ2v) is 7.87. The molecule has 0 atom stereocenters. The Kier molecular flexibility index (Phi) is 7.53. The van der Waals surface area contributed by atoms with Crippen LogP contribution in [0.2, 0.25) is 0 Å². The number of anilines is 2. The molecule has 168 valence electrons. The summed E-state index contributed by atoms with van der Waals surface area (Å²) in [4.78, 5) is 40.5. The van der Waals surface area contributed by atoms with Crippen molar-refractivity contribution in [2.24, 2.45) is 0 Å². The fourth-order valence-electron chi connectivity index (χ4n) is 3.40. The highest BCUT2D eigenvalue weighted by atomic mass is 79.9. The number of hydrogen-bond acceptors (Lipinski definition) is 5. The lowest BCUT2D eigenvalue weighted by Crippen LogP contribution is -2.38. The average molecular weight is 501 g/mol. The molecule has 2 N–H and O–H groups in total. The van der Waals surface area contributed by atoms with Crippen LogP contribution in [0.4, 0.5) is 16.2 Å². The van der Waals surface area contributed by atoms with Crippen LogP contribution in [0, 0.1) is 0 Å². The highest BCUT2D eigenvalue weighted by Crippen LogP contribution is 2.28. The third kappa shape index (κ3) is 5.11. The van der Waals surface area contributed by atoms with Crippen LogP contribution in [-0.2, 0) is 9.59 Å². The maximum atomic E-state index is 12.7. The van der Waals surface area contributed by atoms with E-state index in [4.69, 9.17) is 4.74 Å². The van der Waals surface area contributed by atoms with Crippen molar-refractivity contribution in [3.05, 3.63) is 58.2 Å². The first-order chi connectivity index (χ1) is 15.4. The molecule has 1 fully saturated rings. The van der Waals surface area contributed by atoms with Crippen molar-refractivity contribution in [2.45, 2.75) is 13.8 Å². The molecule has 0 bridgehead atoms. The van der Waals surface area contributed by atoms with Crippen molar-refractivity contribution in [2.75, 3.05) is 37.0 Å². The normalized spacial score (nSPS) is 14.5. The molecule has 0 radical (unpaired) electrons. The highest BCUT2D eigenvalue weighted by Gasteiger charge is 2.35. The minimum Gasteiger partial charge on any atom is -0.495 e. The monoisotopic (exact) mass is 500 g/mol. The van der Waals surface area contributed by atoms with Crippen LogP contribution >= 0.6 is 15.9 Å². The first-order valence-corrected chi connectivity index (χ1v) is 11.0. The summed E-state index contributed by atoms with van der Waals surface area (Å²) in [5.74, 6) is -0.586. The van der Waals surface area contributed by atoms with Crippen LogP contribution in [0.3, 0.4) is 0 Å². The summed E-state index contributed by atoms with van der Waals surface area (Å²) in [6.45, 7) is 5.49. The van der Waals surface area contributed by atoms with Gasteiger partial charge in [0.2, 0.25) is 5.91 Å². The van der Waals surface area contributed by atoms with Crippen molar-refractivity contribution in [1.29, 1.82) is 0 Å². The Morgan fingerprint density at radius 3 is 2.56 bits per heavy atom. The Morgan fingerprint density at radius 2 is 1.91 bits per heavy atom. The largest absolute Gasteiger partial charge is 0.495 e. The number of nitrogens with one attached hydrogen (secondary N) is 2. The van der Waals surface area contributed by atoms with Gasteiger partial charge in [0.25, 0.3) is 5.91 Å². The summed E-state index contributed by atoms with van der Waals surface area (Å²) in [5, 5.41) is 5.20. The number of imide groups is 1. The molecule has 32 heavy (non-hydrogen) atoms. The molecule has 0 aliphatic carbocycles. The zero-order valence-corrected chi connectivity index (χ0v) is 19.7. The van der Waals surface area contributed by atoms with E-state index in [-0.39, 0.29) is 5.70 Å². The summed E-state index contributed by atoms with van der Waals surface area (Å²) in [7, 11) is 1.49. The smallest absolute Gasteiger partial charge is 0.329 e. The Labute approximate surface area is 195 Å². The minimum absolute atomic E-state index is 0.114. The van der Waals surface area contributed by atoms with Crippen LogP contribution in [0.15, 0.2) is 52.6 Å². The molecule has 2 aromatic rings. The van der Waals surface area contributed by atoms with E-state index in [9.17, 15) is 14.4 Å². The molecule has 0 saturated carbocycles. The number of urea groups is 1. The topological polar surface area (TPSA) is 91.0 Å². The van der Waals surface area contributed by atoms with Gasteiger partial charge >= 0.3 is 6.03 Å². The number of amides is 4. The van der Waals surface area contributed by atoms with Gasteiger partial charge in [-0.15, -0.1) is 0 Å². The van der Waals surface area contributed by atoms with E-state index >= 15 is 0 Å². The van der Waals surface area contributed by atoms with Crippen molar-refractivity contribution in [3.63, 3.8) is 0 Å². The Balaban J connectivity index is 1.72. The zero-order valence-electron chi connectivity index (χ0n) is 18.1. The fraction of sp³-hybridized carbons (Fsp3) is 0.261. The Hall–Kier alpha value is -3.33. The van der Waals surface area contributed by atoms with Crippen LogP contribution in [0.5, 0.6) is 5.75 Å². The number of nitrogens with zero attached hydrogens (tertiary/aromatic N) is 2. The maximum absolute atomic E-state index is 12.7. The lowest BCUT2D eigenvalue weighted by molar-refractivity contribution is -0.127. The molecule has 0 spiro atoms. The second-order valence-electron chi connectivity index (χ2n) is 7.01.